The Hall–Kier alpha value is -3.19. The lowest BCUT2D eigenvalue weighted by Crippen LogP contribution is -2.43. The van der Waals surface area contributed by atoms with Crippen molar-refractivity contribution in [1.29, 1.82) is 0 Å². The van der Waals surface area contributed by atoms with E-state index in [0.29, 0.717) is 30.9 Å². The molecule has 1 unspecified atom stereocenters. The van der Waals surface area contributed by atoms with E-state index in [1.807, 2.05) is 55.5 Å². The number of urea groups is 1. The van der Waals surface area contributed by atoms with Crippen LogP contribution < -0.4 is 9.64 Å². The lowest BCUT2D eigenvalue weighted by Gasteiger charge is -2.37. The van der Waals surface area contributed by atoms with Gasteiger partial charge in [0.2, 0.25) is 0 Å². The zero-order valence-corrected chi connectivity index (χ0v) is 19.2. The quantitative estimate of drug-likeness (QED) is 0.456. The Morgan fingerprint density at radius 1 is 1.06 bits per heavy atom. The molecule has 162 valence electrons. The van der Waals surface area contributed by atoms with Gasteiger partial charge in [-0.1, -0.05) is 37.3 Å². The highest BCUT2D eigenvalue weighted by Gasteiger charge is 2.51. The second-order valence-corrected chi connectivity index (χ2v) is 8.69. The first-order valence-electron chi connectivity index (χ1n) is 10.7. The number of hydrogen-bond acceptors (Lipinski definition) is 4. The topological polar surface area (TPSA) is 62.7 Å². The lowest BCUT2D eigenvalue weighted by molar-refractivity contribution is -0.120. The third kappa shape index (κ3) is 3.37. The molecule has 0 radical (unpaired) electrons. The molecule has 7 heteroatoms. The van der Waals surface area contributed by atoms with E-state index in [1.165, 1.54) is 4.90 Å². The van der Waals surface area contributed by atoms with Gasteiger partial charge in [0, 0.05) is 12.6 Å². The van der Waals surface area contributed by atoms with Crippen molar-refractivity contribution >= 4 is 33.6 Å². The van der Waals surface area contributed by atoms with E-state index in [-0.39, 0.29) is 18.0 Å². The molecule has 2 aliphatic heterocycles. The smallest absolute Gasteiger partial charge is 0.332 e. The number of nitrogens with zero attached hydrogens (tertiary/aromatic N) is 3. The Bertz CT molecular complexity index is 1170. The number of halogens is 1. The van der Waals surface area contributed by atoms with E-state index < -0.39 is 6.04 Å². The number of anilines is 1. The van der Waals surface area contributed by atoms with Crippen molar-refractivity contribution in [3.8, 4) is 5.75 Å². The molecule has 0 spiro atoms. The number of aromatic nitrogens is 1. The maximum Gasteiger partial charge on any atom is 0.332 e. The fourth-order valence-corrected chi connectivity index (χ4v) is 5.24. The van der Waals surface area contributed by atoms with E-state index in [0.717, 1.165) is 21.3 Å². The first kappa shape index (κ1) is 20.7. The summed E-state index contributed by atoms with van der Waals surface area (Å²) in [6.07, 6.45) is 2.90. The number of para-hydroxylation sites is 1. The van der Waals surface area contributed by atoms with Gasteiger partial charge in [0.25, 0.3) is 5.91 Å². The Kier molecular flexibility index (Phi) is 5.43. The van der Waals surface area contributed by atoms with Crippen LogP contribution in [0.1, 0.15) is 36.2 Å². The molecule has 0 aliphatic carbocycles. The molecular weight excluding hydrogens is 470 g/mol. The van der Waals surface area contributed by atoms with Crippen molar-refractivity contribution in [2.24, 2.45) is 0 Å². The highest BCUT2D eigenvalue weighted by atomic mass is 79.9. The summed E-state index contributed by atoms with van der Waals surface area (Å²) in [4.78, 5) is 34.0. The minimum absolute atomic E-state index is 0.171. The predicted molar refractivity (Wildman–Crippen MR) is 124 cm³/mol. The molecular formula is C25H22BrN3O3. The van der Waals surface area contributed by atoms with Crippen molar-refractivity contribution in [2.45, 2.75) is 38.5 Å². The van der Waals surface area contributed by atoms with Crippen molar-refractivity contribution < 1.29 is 14.3 Å². The van der Waals surface area contributed by atoms with Gasteiger partial charge in [0.1, 0.15) is 18.4 Å². The van der Waals surface area contributed by atoms with Gasteiger partial charge in [-0.25, -0.2) is 9.69 Å². The molecule has 2 aliphatic rings. The third-order valence-corrected chi connectivity index (χ3v) is 6.96. The van der Waals surface area contributed by atoms with Gasteiger partial charge >= 0.3 is 6.03 Å². The summed E-state index contributed by atoms with van der Waals surface area (Å²) in [5.74, 6) is 0.520. The average molecular weight is 492 g/mol. The van der Waals surface area contributed by atoms with Crippen LogP contribution in [0.15, 0.2) is 71.3 Å². The summed E-state index contributed by atoms with van der Waals surface area (Å²) < 4.78 is 6.86. The summed E-state index contributed by atoms with van der Waals surface area (Å²) in [5, 5.41) is 0. The van der Waals surface area contributed by atoms with Gasteiger partial charge in [-0.2, -0.15) is 0 Å². The molecule has 0 saturated carbocycles. The largest absolute Gasteiger partial charge is 0.486 e. The highest BCUT2D eigenvalue weighted by Crippen LogP contribution is 2.45. The fourth-order valence-electron chi connectivity index (χ4n) is 4.60. The minimum Gasteiger partial charge on any atom is -0.486 e. The van der Waals surface area contributed by atoms with Crippen LogP contribution in [0.4, 0.5) is 10.5 Å². The Labute approximate surface area is 194 Å². The molecule has 5 rings (SSSR count). The van der Waals surface area contributed by atoms with Crippen molar-refractivity contribution in [1.82, 2.24) is 9.88 Å². The highest BCUT2D eigenvalue weighted by molar-refractivity contribution is 9.10. The number of hydrogen-bond donors (Lipinski definition) is 0. The molecule has 2 aromatic carbocycles. The average Bonchev–Trinajstić information content (AvgIpc) is 3.08. The first-order valence-corrected chi connectivity index (χ1v) is 11.4. The number of benzene rings is 2. The molecule has 3 aromatic rings. The number of carbonyl (C=O) groups excluding carboxylic acids is 2. The molecule has 1 fully saturated rings. The van der Waals surface area contributed by atoms with Crippen LogP contribution in [0.3, 0.4) is 0 Å². The first-order chi connectivity index (χ1) is 15.6. The van der Waals surface area contributed by atoms with Crippen molar-refractivity contribution in [2.75, 3.05) is 4.90 Å². The van der Waals surface area contributed by atoms with Gasteiger partial charge in [-0.15, -0.1) is 0 Å². The van der Waals surface area contributed by atoms with Crippen LogP contribution in [0.2, 0.25) is 0 Å². The molecule has 1 saturated heterocycles. The van der Waals surface area contributed by atoms with Gasteiger partial charge in [0.05, 0.1) is 21.9 Å². The predicted octanol–water partition coefficient (Wildman–Crippen LogP) is 5.27. The standard InChI is InChI=1S/C25H22BrN3O3/c1-2-20-18-11-12-22(32-15-16-8-6-7-13-27-16)23(26)19(18)14-21-24(30)28(25(31)29(20)21)17-9-4-3-5-10-17/h3-13,20-21H,2,14-15H2,1H3/t20?,21-/m0/s1. The molecule has 3 amide bonds. The number of pyridine rings is 1. The summed E-state index contributed by atoms with van der Waals surface area (Å²) in [5.41, 5.74) is 3.52. The normalized spacial score (nSPS) is 19.7. The third-order valence-electron chi connectivity index (χ3n) is 6.09. The molecule has 2 atom stereocenters. The van der Waals surface area contributed by atoms with Gasteiger partial charge < -0.3 is 9.64 Å². The maximum atomic E-state index is 13.3. The molecule has 0 N–H and O–H groups in total. The van der Waals surface area contributed by atoms with Crippen molar-refractivity contribution in [3.05, 3.63) is 88.2 Å². The van der Waals surface area contributed by atoms with Gasteiger partial charge in [-0.05, 0) is 63.8 Å². The Morgan fingerprint density at radius 3 is 2.56 bits per heavy atom. The molecule has 3 heterocycles. The van der Waals surface area contributed by atoms with Gasteiger partial charge in [-0.3, -0.25) is 9.78 Å². The molecule has 1 aromatic heterocycles. The summed E-state index contributed by atoms with van der Waals surface area (Å²) in [7, 11) is 0. The number of carbonyl (C=O) groups is 2. The number of fused-ring (bicyclic) bond motifs is 2. The van der Waals surface area contributed by atoms with E-state index in [2.05, 4.69) is 20.9 Å². The van der Waals surface area contributed by atoms with Crippen LogP contribution in [-0.2, 0) is 17.8 Å². The maximum absolute atomic E-state index is 13.3. The Morgan fingerprint density at radius 2 is 1.84 bits per heavy atom. The molecule has 6 nitrogen and oxygen atoms in total. The van der Waals surface area contributed by atoms with Crippen LogP contribution in [-0.4, -0.2) is 27.9 Å². The monoisotopic (exact) mass is 491 g/mol. The van der Waals surface area contributed by atoms with E-state index >= 15 is 0 Å². The minimum atomic E-state index is -0.525. The SMILES string of the molecule is CCC1c2ccc(OCc3ccccn3)c(Br)c2C[C@H]2C(=O)N(c3ccccc3)C(=O)N12. The summed E-state index contributed by atoms with van der Waals surface area (Å²) in [6, 6.07) is 17.8. The Balaban J connectivity index is 1.48. The number of amides is 3. The van der Waals surface area contributed by atoms with Crippen LogP contribution in [0.5, 0.6) is 5.75 Å². The van der Waals surface area contributed by atoms with Crippen LogP contribution in [0, 0.1) is 0 Å². The van der Waals surface area contributed by atoms with Gasteiger partial charge in [0.15, 0.2) is 0 Å². The van der Waals surface area contributed by atoms with Crippen molar-refractivity contribution in [3.63, 3.8) is 0 Å². The number of rotatable bonds is 5. The number of ether oxygens (including phenoxy) is 1. The van der Waals surface area contributed by atoms with E-state index in [4.69, 9.17) is 4.74 Å². The molecule has 32 heavy (non-hydrogen) atoms. The lowest BCUT2D eigenvalue weighted by atomic mass is 9.87. The summed E-state index contributed by atoms with van der Waals surface area (Å²) in [6.45, 7) is 2.39. The molecule has 0 bridgehead atoms. The second-order valence-electron chi connectivity index (χ2n) is 7.90. The van der Waals surface area contributed by atoms with E-state index in [1.54, 1.807) is 23.2 Å². The van der Waals surface area contributed by atoms with Crippen LogP contribution >= 0.6 is 15.9 Å². The summed E-state index contributed by atoms with van der Waals surface area (Å²) >= 11 is 3.72. The number of imide groups is 1. The van der Waals surface area contributed by atoms with E-state index in [9.17, 15) is 9.59 Å². The fraction of sp³-hybridized carbons (Fsp3) is 0.240. The van der Waals surface area contributed by atoms with Crippen LogP contribution in [0.25, 0.3) is 0 Å². The second kappa shape index (κ2) is 8.39. The zero-order chi connectivity index (χ0) is 22.2. The zero-order valence-electron chi connectivity index (χ0n) is 17.6.